The summed E-state index contributed by atoms with van der Waals surface area (Å²) in [6, 6.07) is 4.92. The van der Waals surface area contributed by atoms with Gasteiger partial charge in [-0.2, -0.15) is 0 Å². The van der Waals surface area contributed by atoms with Crippen LogP contribution in [0.3, 0.4) is 0 Å². The summed E-state index contributed by atoms with van der Waals surface area (Å²) in [5.41, 5.74) is 6.73. The van der Waals surface area contributed by atoms with E-state index in [9.17, 15) is 9.59 Å². The molecule has 2 N–H and O–H groups in total. The first-order chi connectivity index (χ1) is 9.97. The van der Waals surface area contributed by atoms with Gasteiger partial charge in [0.25, 0.3) is 5.91 Å². The zero-order valence-corrected chi connectivity index (χ0v) is 12.5. The Hall–Kier alpha value is -2.24. The van der Waals surface area contributed by atoms with Crippen molar-refractivity contribution in [1.29, 1.82) is 0 Å². The number of likely N-dealkylation sites (tertiary alicyclic amines) is 1. The molecule has 114 valence electrons. The number of carbonyl (C=O) groups is 2. The first-order valence-electron chi connectivity index (χ1n) is 6.78. The highest BCUT2D eigenvalue weighted by Gasteiger charge is 2.37. The van der Waals surface area contributed by atoms with Crippen molar-refractivity contribution in [2.24, 2.45) is 11.8 Å². The van der Waals surface area contributed by atoms with Crippen molar-refractivity contribution in [2.45, 2.75) is 6.92 Å². The molecule has 0 aliphatic carbocycles. The van der Waals surface area contributed by atoms with Crippen molar-refractivity contribution >= 4 is 17.6 Å². The number of amides is 1. The summed E-state index contributed by atoms with van der Waals surface area (Å²) in [7, 11) is 2.87. The lowest BCUT2D eigenvalue weighted by Crippen LogP contribution is -2.30. The molecular weight excluding hydrogens is 272 g/mol. The van der Waals surface area contributed by atoms with Crippen LogP contribution in [0.5, 0.6) is 5.75 Å². The van der Waals surface area contributed by atoms with Gasteiger partial charge in [0.2, 0.25) is 0 Å². The molecule has 1 aromatic carbocycles. The molecule has 1 aromatic rings. The molecule has 1 amide bonds. The third-order valence-corrected chi connectivity index (χ3v) is 3.88. The summed E-state index contributed by atoms with van der Waals surface area (Å²) in [4.78, 5) is 25.8. The second-order valence-corrected chi connectivity index (χ2v) is 5.27. The molecule has 2 unspecified atom stereocenters. The molecule has 1 heterocycles. The Morgan fingerprint density at radius 2 is 2.00 bits per heavy atom. The number of anilines is 1. The predicted octanol–water partition coefficient (Wildman–Crippen LogP) is 1.16. The second-order valence-electron chi connectivity index (χ2n) is 5.27. The molecule has 1 fully saturated rings. The molecule has 0 radical (unpaired) electrons. The minimum absolute atomic E-state index is 0.0806. The summed E-state index contributed by atoms with van der Waals surface area (Å²) < 4.78 is 9.90. The van der Waals surface area contributed by atoms with Gasteiger partial charge in [0.15, 0.2) is 0 Å². The van der Waals surface area contributed by atoms with Crippen LogP contribution in [0.1, 0.15) is 17.3 Å². The van der Waals surface area contributed by atoms with E-state index < -0.39 is 0 Å². The lowest BCUT2D eigenvalue weighted by atomic mass is 9.99. The largest absolute Gasteiger partial charge is 0.495 e. The number of ether oxygens (including phenoxy) is 2. The molecule has 2 rings (SSSR count). The molecule has 1 saturated heterocycles. The van der Waals surface area contributed by atoms with Gasteiger partial charge in [-0.3, -0.25) is 9.59 Å². The lowest BCUT2D eigenvalue weighted by molar-refractivity contribution is -0.146. The Labute approximate surface area is 123 Å². The highest BCUT2D eigenvalue weighted by atomic mass is 16.5. The van der Waals surface area contributed by atoms with Crippen LogP contribution in [0, 0.1) is 11.8 Å². The Morgan fingerprint density at radius 1 is 1.29 bits per heavy atom. The summed E-state index contributed by atoms with van der Waals surface area (Å²) >= 11 is 0. The van der Waals surface area contributed by atoms with Crippen molar-refractivity contribution in [2.75, 3.05) is 33.0 Å². The quantitative estimate of drug-likeness (QED) is 0.668. The van der Waals surface area contributed by atoms with E-state index in [-0.39, 0.29) is 23.7 Å². The van der Waals surface area contributed by atoms with E-state index in [2.05, 4.69) is 0 Å². The Kier molecular flexibility index (Phi) is 4.35. The molecule has 0 saturated carbocycles. The second kappa shape index (κ2) is 6.03. The average molecular weight is 292 g/mol. The molecule has 1 aliphatic rings. The summed E-state index contributed by atoms with van der Waals surface area (Å²) in [5, 5.41) is 0. The number of carbonyl (C=O) groups excluding carboxylic acids is 2. The fourth-order valence-electron chi connectivity index (χ4n) is 2.62. The molecule has 6 heteroatoms. The standard InChI is InChI=1S/C15H20N2O4/c1-9-7-17(8-11(9)15(19)21-3)14(18)10-4-5-12(16)13(6-10)20-2/h4-6,9,11H,7-8,16H2,1-3H3. The predicted molar refractivity (Wildman–Crippen MR) is 78.0 cm³/mol. The van der Waals surface area contributed by atoms with E-state index in [0.717, 1.165) is 0 Å². The van der Waals surface area contributed by atoms with Crippen LogP contribution < -0.4 is 10.5 Å². The maximum atomic E-state index is 12.5. The Morgan fingerprint density at radius 3 is 2.62 bits per heavy atom. The summed E-state index contributed by atoms with van der Waals surface area (Å²) in [6.07, 6.45) is 0. The molecular formula is C15H20N2O4. The summed E-state index contributed by atoms with van der Waals surface area (Å²) in [5.74, 6) is -0.122. The maximum absolute atomic E-state index is 12.5. The number of methoxy groups -OCH3 is 2. The van der Waals surface area contributed by atoms with Crippen LogP contribution in [0.2, 0.25) is 0 Å². The number of nitrogens with zero attached hydrogens (tertiary/aromatic N) is 1. The zero-order chi connectivity index (χ0) is 15.6. The number of esters is 1. The van der Waals surface area contributed by atoms with Gasteiger partial charge in [0.05, 0.1) is 25.8 Å². The normalized spacial score (nSPS) is 21.2. The van der Waals surface area contributed by atoms with Crippen LogP contribution in [0.25, 0.3) is 0 Å². The topological polar surface area (TPSA) is 81.9 Å². The van der Waals surface area contributed by atoms with Crippen molar-refractivity contribution in [3.63, 3.8) is 0 Å². The third-order valence-electron chi connectivity index (χ3n) is 3.88. The van der Waals surface area contributed by atoms with E-state index in [1.165, 1.54) is 14.2 Å². The highest BCUT2D eigenvalue weighted by molar-refractivity contribution is 5.96. The van der Waals surface area contributed by atoms with Gasteiger partial charge < -0.3 is 20.1 Å². The fraction of sp³-hybridized carbons (Fsp3) is 0.467. The van der Waals surface area contributed by atoms with Crippen LogP contribution in [-0.2, 0) is 9.53 Å². The number of nitrogen functional groups attached to an aromatic ring is 1. The SMILES string of the molecule is COC(=O)C1CN(C(=O)c2ccc(N)c(OC)c2)CC1C. The van der Waals surface area contributed by atoms with Gasteiger partial charge >= 0.3 is 5.97 Å². The smallest absolute Gasteiger partial charge is 0.310 e. The van der Waals surface area contributed by atoms with E-state index >= 15 is 0 Å². The monoisotopic (exact) mass is 292 g/mol. The number of benzene rings is 1. The Bertz CT molecular complexity index is 559. The number of rotatable bonds is 3. The molecule has 0 bridgehead atoms. The molecule has 2 atom stereocenters. The van der Waals surface area contributed by atoms with E-state index in [4.69, 9.17) is 15.2 Å². The zero-order valence-electron chi connectivity index (χ0n) is 12.5. The van der Waals surface area contributed by atoms with Gasteiger partial charge in [0.1, 0.15) is 5.75 Å². The summed E-state index contributed by atoms with van der Waals surface area (Å²) in [6.45, 7) is 2.85. The minimum Gasteiger partial charge on any atom is -0.495 e. The first-order valence-corrected chi connectivity index (χ1v) is 6.78. The van der Waals surface area contributed by atoms with Gasteiger partial charge in [-0.1, -0.05) is 6.92 Å². The Balaban J connectivity index is 2.16. The van der Waals surface area contributed by atoms with Crippen molar-refractivity contribution in [1.82, 2.24) is 4.90 Å². The van der Waals surface area contributed by atoms with Gasteiger partial charge in [-0.05, 0) is 24.1 Å². The number of nitrogens with two attached hydrogens (primary N) is 1. The molecule has 21 heavy (non-hydrogen) atoms. The molecule has 6 nitrogen and oxygen atoms in total. The molecule has 0 spiro atoms. The lowest BCUT2D eigenvalue weighted by Gasteiger charge is -2.17. The van der Waals surface area contributed by atoms with Crippen LogP contribution in [0.15, 0.2) is 18.2 Å². The van der Waals surface area contributed by atoms with Crippen molar-refractivity contribution in [3.05, 3.63) is 23.8 Å². The average Bonchev–Trinajstić information content (AvgIpc) is 2.88. The van der Waals surface area contributed by atoms with E-state index in [0.29, 0.717) is 30.1 Å². The van der Waals surface area contributed by atoms with Crippen LogP contribution in [-0.4, -0.2) is 44.1 Å². The highest BCUT2D eigenvalue weighted by Crippen LogP contribution is 2.28. The van der Waals surface area contributed by atoms with Gasteiger partial charge in [0, 0.05) is 18.7 Å². The van der Waals surface area contributed by atoms with Crippen LogP contribution in [0.4, 0.5) is 5.69 Å². The number of hydrogen-bond acceptors (Lipinski definition) is 5. The van der Waals surface area contributed by atoms with Crippen LogP contribution >= 0.6 is 0 Å². The fourth-order valence-corrected chi connectivity index (χ4v) is 2.62. The van der Waals surface area contributed by atoms with E-state index in [1.807, 2.05) is 6.92 Å². The van der Waals surface area contributed by atoms with Crippen molar-refractivity contribution < 1.29 is 19.1 Å². The maximum Gasteiger partial charge on any atom is 0.310 e. The molecule has 1 aliphatic heterocycles. The minimum atomic E-state index is -0.271. The van der Waals surface area contributed by atoms with Crippen molar-refractivity contribution in [3.8, 4) is 5.75 Å². The van der Waals surface area contributed by atoms with E-state index in [1.54, 1.807) is 23.1 Å². The van der Waals surface area contributed by atoms with Gasteiger partial charge in [-0.15, -0.1) is 0 Å². The molecule has 0 aromatic heterocycles. The number of hydrogen-bond donors (Lipinski definition) is 1. The van der Waals surface area contributed by atoms with Gasteiger partial charge in [-0.25, -0.2) is 0 Å². The first kappa shape index (κ1) is 15.2. The third kappa shape index (κ3) is 2.94.